The van der Waals surface area contributed by atoms with Gasteiger partial charge in [-0.2, -0.15) is 0 Å². The first-order valence-corrected chi connectivity index (χ1v) is 5.99. The molecule has 2 aromatic heterocycles. The van der Waals surface area contributed by atoms with Crippen LogP contribution < -0.4 is 5.14 Å². The molecule has 0 aliphatic heterocycles. The van der Waals surface area contributed by atoms with Gasteiger partial charge in [0, 0.05) is 6.20 Å². The molecule has 5 nitrogen and oxygen atoms in total. The highest BCUT2D eigenvalue weighted by Crippen LogP contribution is 2.21. The summed E-state index contributed by atoms with van der Waals surface area (Å²) in [4.78, 5) is 4.00. The Bertz CT molecular complexity index is 590. The lowest BCUT2D eigenvalue weighted by Crippen LogP contribution is -2.15. The SMILES string of the molecule is NS(=O)(=O)c1c(Br)nc2ccccn12. The molecule has 0 unspecified atom stereocenters. The maximum absolute atomic E-state index is 11.2. The molecule has 2 aromatic rings. The molecule has 0 radical (unpaired) electrons. The average molecular weight is 276 g/mol. The number of rotatable bonds is 1. The molecule has 14 heavy (non-hydrogen) atoms. The highest BCUT2D eigenvalue weighted by Gasteiger charge is 2.19. The van der Waals surface area contributed by atoms with E-state index in [-0.39, 0.29) is 9.63 Å². The van der Waals surface area contributed by atoms with Crippen molar-refractivity contribution < 1.29 is 8.42 Å². The molecule has 0 spiro atoms. The minimum Gasteiger partial charge on any atom is -0.288 e. The highest BCUT2D eigenvalue weighted by atomic mass is 79.9. The van der Waals surface area contributed by atoms with Crippen molar-refractivity contribution in [1.82, 2.24) is 9.38 Å². The van der Waals surface area contributed by atoms with Crippen molar-refractivity contribution in [3.63, 3.8) is 0 Å². The maximum atomic E-state index is 11.2. The third-order valence-corrected chi connectivity index (χ3v) is 3.46. The number of imidazole rings is 1. The predicted octanol–water partition coefficient (Wildman–Crippen LogP) is 0.744. The standard InChI is InChI=1S/C7H6BrN3O2S/c8-6-7(14(9,12)13)11-4-2-1-3-5(11)10-6/h1-4H,(H2,9,12,13). The van der Waals surface area contributed by atoms with Gasteiger partial charge in [0.25, 0.3) is 10.0 Å². The fourth-order valence-electron chi connectivity index (χ4n) is 1.20. The fraction of sp³-hybridized carbons (Fsp3) is 0. The molecular weight excluding hydrogens is 270 g/mol. The van der Waals surface area contributed by atoms with E-state index in [0.29, 0.717) is 5.65 Å². The molecule has 0 amide bonds. The summed E-state index contributed by atoms with van der Waals surface area (Å²) >= 11 is 3.05. The molecule has 0 aliphatic carbocycles. The van der Waals surface area contributed by atoms with Gasteiger partial charge >= 0.3 is 0 Å². The first-order chi connectivity index (χ1) is 6.50. The van der Waals surface area contributed by atoms with Crippen LogP contribution in [0.3, 0.4) is 0 Å². The number of halogens is 1. The van der Waals surface area contributed by atoms with Gasteiger partial charge in [0.15, 0.2) is 5.03 Å². The highest BCUT2D eigenvalue weighted by molar-refractivity contribution is 9.10. The molecule has 0 fully saturated rings. The van der Waals surface area contributed by atoms with Crippen LogP contribution in [-0.2, 0) is 10.0 Å². The van der Waals surface area contributed by atoms with E-state index in [4.69, 9.17) is 5.14 Å². The van der Waals surface area contributed by atoms with Crippen molar-refractivity contribution in [2.45, 2.75) is 5.03 Å². The number of primary sulfonamides is 1. The summed E-state index contributed by atoms with van der Waals surface area (Å²) in [5.74, 6) is 0. The number of sulfonamides is 1. The number of pyridine rings is 1. The lowest BCUT2D eigenvalue weighted by molar-refractivity contribution is 0.592. The lowest BCUT2D eigenvalue weighted by atomic mass is 10.5. The van der Waals surface area contributed by atoms with Gasteiger partial charge in [0.1, 0.15) is 10.3 Å². The van der Waals surface area contributed by atoms with Crippen molar-refractivity contribution in [1.29, 1.82) is 0 Å². The molecular formula is C7H6BrN3O2S. The van der Waals surface area contributed by atoms with Crippen LogP contribution in [0, 0.1) is 0 Å². The third kappa shape index (κ3) is 1.43. The van der Waals surface area contributed by atoms with E-state index >= 15 is 0 Å². The molecule has 2 N–H and O–H groups in total. The van der Waals surface area contributed by atoms with Gasteiger partial charge in [0.2, 0.25) is 0 Å². The van der Waals surface area contributed by atoms with Crippen molar-refractivity contribution in [2.24, 2.45) is 5.14 Å². The van der Waals surface area contributed by atoms with Gasteiger partial charge in [-0.1, -0.05) is 6.07 Å². The Morgan fingerprint density at radius 3 is 2.79 bits per heavy atom. The second-order valence-electron chi connectivity index (χ2n) is 2.68. The number of nitrogens with zero attached hydrogens (tertiary/aromatic N) is 2. The van der Waals surface area contributed by atoms with Crippen molar-refractivity contribution in [3.05, 3.63) is 29.0 Å². The summed E-state index contributed by atoms with van der Waals surface area (Å²) < 4.78 is 24.1. The quantitative estimate of drug-likeness (QED) is 0.834. The summed E-state index contributed by atoms with van der Waals surface area (Å²) in [5.41, 5.74) is 0.531. The third-order valence-electron chi connectivity index (χ3n) is 1.72. The Morgan fingerprint density at radius 2 is 2.14 bits per heavy atom. The van der Waals surface area contributed by atoms with Crippen LogP contribution >= 0.6 is 15.9 Å². The van der Waals surface area contributed by atoms with Gasteiger partial charge in [-0.25, -0.2) is 18.5 Å². The smallest absolute Gasteiger partial charge is 0.256 e. The zero-order valence-corrected chi connectivity index (χ0v) is 9.29. The molecule has 74 valence electrons. The summed E-state index contributed by atoms with van der Waals surface area (Å²) in [5, 5.41) is 5.02. The summed E-state index contributed by atoms with van der Waals surface area (Å²) in [6.07, 6.45) is 1.59. The second kappa shape index (κ2) is 3.04. The molecule has 0 atom stereocenters. The van der Waals surface area contributed by atoms with Crippen LogP contribution in [0.2, 0.25) is 0 Å². The van der Waals surface area contributed by atoms with E-state index < -0.39 is 10.0 Å². The predicted molar refractivity (Wildman–Crippen MR) is 54.3 cm³/mol. The van der Waals surface area contributed by atoms with Crippen molar-refractivity contribution in [3.8, 4) is 0 Å². The van der Waals surface area contributed by atoms with Crippen LogP contribution in [-0.4, -0.2) is 17.8 Å². The van der Waals surface area contributed by atoms with E-state index in [2.05, 4.69) is 20.9 Å². The summed E-state index contributed by atoms with van der Waals surface area (Å²) in [6, 6.07) is 5.16. The monoisotopic (exact) mass is 275 g/mol. The van der Waals surface area contributed by atoms with Crippen LogP contribution in [0.25, 0.3) is 5.65 Å². The van der Waals surface area contributed by atoms with Crippen molar-refractivity contribution in [2.75, 3.05) is 0 Å². The van der Waals surface area contributed by atoms with E-state index in [1.807, 2.05) is 0 Å². The van der Waals surface area contributed by atoms with Gasteiger partial charge in [-0.15, -0.1) is 0 Å². The average Bonchev–Trinajstić information content (AvgIpc) is 2.38. The lowest BCUT2D eigenvalue weighted by Gasteiger charge is -1.97. The normalized spacial score (nSPS) is 12.1. The van der Waals surface area contributed by atoms with Crippen molar-refractivity contribution >= 4 is 31.6 Å². The van der Waals surface area contributed by atoms with Gasteiger partial charge in [-0.05, 0) is 28.1 Å². The minimum atomic E-state index is -3.76. The molecule has 0 aromatic carbocycles. The van der Waals surface area contributed by atoms with E-state index in [1.165, 1.54) is 4.40 Å². The first-order valence-electron chi connectivity index (χ1n) is 3.65. The largest absolute Gasteiger partial charge is 0.288 e. The Balaban J connectivity index is 2.95. The first kappa shape index (κ1) is 9.63. The molecule has 0 bridgehead atoms. The van der Waals surface area contributed by atoms with E-state index in [9.17, 15) is 8.42 Å². The second-order valence-corrected chi connectivity index (χ2v) is 4.91. The number of aromatic nitrogens is 2. The number of fused-ring (bicyclic) bond motifs is 1. The van der Waals surface area contributed by atoms with Crippen LogP contribution in [0.1, 0.15) is 0 Å². The zero-order chi connectivity index (χ0) is 10.3. The number of hydrogen-bond donors (Lipinski definition) is 1. The summed E-state index contributed by atoms with van der Waals surface area (Å²) in [6.45, 7) is 0. The molecule has 2 heterocycles. The molecule has 7 heteroatoms. The zero-order valence-electron chi connectivity index (χ0n) is 6.88. The Morgan fingerprint density at radius 1 is 1.43 bits per heavy atom. The van der Waals surface area contributed by atoms with Crippen LogP contribution in [0.15, 0.2) is 34.0 Å². The Kier molecular flexibility index (Phi) is 2.09. The molecule has 2 rings (SSSR count). The Hall–Kier alpha value is -0.920. The summed E-state index contributed by atoms with van der Waals surface area (Å²) in [7, 11) is -3.76. The number of nitrogens with two attached hydrogens (primary N) is 1. The van der Waals surface area contributed by atoms with Crippen LogP contribution in [0.5, 0.6) is 0 Å². The number of hydrogen-bond acceptors (Lipinski definition) is 3. The topological polar surface area (TPSA) is 77.5 Å². The van der Waals surface area contributed by atoms with Crippen LogP contribution in [0.4, 0.5) is 0 Å². The molecule has 0 aliphatic rings. The Labute approximate surface area is 88.7 Å². The van der Waals surface area contributed by atoms with E-state index in [0.717, 1.165) is 0 Å². The van der Waals surface area contributed by atoms with Gasteiger partial charge in [-0.3, -0.25) is 4.40 Å². The maximum Gasteiger partial charge on any atom is 0.256 e. The van der Waals surface area contributed by atoms with Gasteiger partial charge in [0.05, 0.1) is 0 Å². The van der Waals surface area contributed by atoms with E-state index in [1.54, 1.807) is 24.4 Å². The molecule has 0 saturated heterocycles. The fourth-order valence-corrected chi connectivity index (χ4v) is 2.96. The van der Waals surface area contributed by atoms with Gasteiger partial charge < -0.3 is 0 Å². The minimum absolute atomic E-state index is 0.0342. The molecule has 0 saturated carbocycles.